The molecule has 96 valence electrons. The van der Waals surface area contributed by atoms with Gasteiger partial charge in [0, 0.05) is 12.8 Å². The fourth-order valence-electron chi connectivity index (χ4n) is 1.68. The highest BCUT2D eigenvalue weighted by Gasteiger charge is 2.11. The van der Waals surface area contributed by atoms with Crippen LogP contribution in [0.25, 0.3) is 11.0 Å². The number of rotatable bonds is 4. The summed E-state index contributed by atoms with van der Waals surface area (Å²) in [6, 6.07) is 5.05. The number of carbonyl (C=O) groups is 1. The molecule has 4 nitrogen and oxygen atoms in total. The quantitative estimate of drug-likeness (QED) is 0.862. The van der Waals surface area contributed by atoms with Crippen molar-refractivity contribution in [1.82, 2.24) is 9.55 Å². The first-order chi connectivity index (χ1) is 8.49. The van der Waals surface area contributed by atoms with Crippen molar-refractivity contribution in [3.8, 4) is 0 Å². The smallest absolute Gasteiger partial charge is 0.335 e. The molecular weight excluding hydrogens is 248 g/mol. The number of fused-ring (bicyclic) bond motifs is 1. The van der Waals surface area contributed by atoms with Crippen LogP contribution in [0.1, 0.15) is 24.2 Å². The van der Waals surface area contributed by atoms with Gasteiger partial charge >= 0.3 is 5.97 Å². The van der Waals surface area contributed by atoms with Crippen molar-refractivity contribution in [2.45, 2.75) is 19.0 Å². The Labute approximate surface area is 110 Å². The molecule has 1 heterocycles. The summed E-state index contributed by atoms with van der Waals surface area (Å²) in [4.78, 5) is 15.4. The van der Waals surface area contributed by atoms with Crippen molar-refractivity contribution in [2.75, 3.05) is 5.75 Å². The van der Waals surface area contributed by atoms with Crippen molar-refractivity contribution in [3.05, 3.63) is 23.8 Å². The molecule has 0 radical (unpaired) electrons. The third-order valence-electron chi connectivity index (χ3n) is 2.63. The van der Waals surface area contributed by atoms with Gasteiger partial charge in [0.15, 0.2) is 5.16 Å². The largest absolute Gasteiger partial charge is 0.478 e. The summed E-state index contributed by atoms with van der Waals surface area (Å²) in [5.74, 6) is 0.687. The van der Waals surface area contributed by atoms with E-state index in [4.69, 9.17) is 5.11 Å². The third-order valence-corrected chi connectivity index (χ3v) is 4.09. The van der Waals surface area contributed by atoms with E-state index in [1.165, 1.54) is 0 Å². The number of aryl methyl sites for hydroxylation is 1. The summed E-state index contributed by atoms with van der Waals surface area (Å²) >= 11 is 1.70. The Hall–Kier alpha value is -1.49. The van der Waals surface area contributed by atoms with Gasteiger partial charge in [0.2, 0.25) is 0 Å². The molecule has 1 aromatic heterocycles. The maximum absolute atomic E-state index is 10.9. The molecule has 0 aliphatic heterocycles. The fraction of sp³-hybridized carbons (Fsp3) is 0.385. The fourth-order valence-corrected chi connectivity index (χ4v) is 2.62. The van der Waals surface area contributed by atoms with Crippen LogP contribution in [-0.4, -0.2) is 26.4 Å². The highest BCUT2D eigenvalue weighted by Crippen LogP contribution is 2.25. The van der Waals surface area contributed by atoms with E-state index in [9.17, 15) is 4.79 Å². The van der Waals surface area contributed by atoms with Crippen LogP contribution in [-0.2, 0) is 7.05 Å². The Bertz CT molecular complexity index is 590. The lowest BCUT2D eigenvalue weighted by Gasteiger charge is -2.04. The number of nitrogens with zero attached hydrogens (tertiary/aromatic N) is 2. The molecule has 0 aliphatic rings. The second kappa shape index (κ2) is 5.02. The third kappa shape index (κ3) is 2.51. The Kier molecular flexibility index (Phi) is 3.61. The first-order valence-corrected chi connectivity index (χ1v) is 6.80. The van der Waals surface area contributed by atoms with E-state index in [1.54, 1.807) is 23.9 Å². The monoisotopic (exact) mass is 264 g/mol. The Morgan fingerprint density at radius 2 is 2.22 bits per heavy atom. The number of thioether (sulfide) groups is 1. The van der Waals surface area contributed by atoms with Gasteiger partial charge in [-0.1, -0.05) is 25.6 Å². The van der Waals surface area contributed by atoms with Crippen LogP contribution in [0.15, 0.2) is 23.4 Å². The maximum atomic E-state index is 10.9. The first kappa shape index (κ1) is 13.0. The van der Waals surface area contributed by atoms with Gasteiger partial charge in [-0.15, -0.1) is 0 Å². The molecule has 0 atom stereocenters. The van der Waals surface area contributed by atoms with Crippen molar-refractivity contribution >= 4 is 28.8 Å². The lowest BCUT2D eigenvalue weighted by molar-refractivity contribution is 0.0697. The molecule has 0 saturated heterocycles. The van der Waals surface area contributed by atoms with Crippen LogP contribution >= 0.6 is 11.8 Å². The van der Waals surface area contributed by atoms with E-state index >= 15 is 0 Å². The van der Waals surface area contributed by atoms with E-state index < -0.39 is 5.97 Å². The number of carboxylic acid groups (broad SMARTS) is 1. The van der Waals surface area contributed by atoms with E-state index in [1.807, 2.05) is 17.7 Å². The zero-order chi connectivity index (χ0) is 13.3. The van der Waals surface area contributed by atoms with Gasteiger partial charge in [-0.2, -0.15) is 0 Å². The average molecular weight is 264 g/mol. The van der Waals surface area contributed by atoms with Gasteiger partial charge in [-0.25, -0.2) is 9.78 Å². The van der Waals surface area contributed by atoms with E-state index in [0.29, 0.717) is 5.92 Å². The molecule has 1 N–H and O–H groups in total. The van der Waals surface area contributed by atoms with Crippen molar-refractivity contribution < 1.29 is 9.90 Å². The SMILES string of the molecule is CC(C)CSc1nc2cc(C(=O)O)ccc2n1C. The molecule has 0 amide bonds. The van der Waals surface area contributed by atoms with Crippen LogP contribution in [0.5, 0.6) is 0 Å². The molecule has 2 aromatic rings. The summed E-state index contributed by atoms with van der Waals surface area (Å²) in [7, 11) is 1.96. The normalized spacial score (nSPS) is 11.3. The van der Waals surface area contributed by atoms with Crippen LogP contribution in [0.2, 0.25) is 0 Å². The van der Waals surface area contributed by atoms with Crippen LogP contribution in [0.3, 0.4) is 0 Å². The number of carboxylic acids is 1. The first-order valence-electron chi connectivity index (χ1n) is 5.81. The topological polar surface area (TPSA) is 55.1 Å². The van der Waals surface area contributed by atoms with Crippen LogP contribution in [0.4, 0.5) is 0 Å². The highest BCUT2D eigenvalue weighted by molar-refractivity contribution is 7.99. The van der Waals surface area contributed by atoms with Gasteiger partial charge in [0.05, 0.1) is 16.6 Å². The van der Waals surface area contributed by atoms with Gasteiger partial charge in [0.1, 0.15) is 0 Å². The molecule has 0 fully saturated rings. The summed E-state index contributed by atoms with van der Waals surface area (Å²) in [6.45, 7) is 4.33. The zero-order valence-electron chi connectivity index (χ0n) is 10.7. The molecule has 0 aliphatic carbocycles. The molecule has 1 aromatic carbocycles. The van der Waals surface area contributed by atoms with Gasteiger partial charge in [-0.3, -0.25) is 0 Å². The minimum absolute atomic E-state index is 0.279. The van der Waals surface area contributed by atoms with Gasteiger partial charge in [0.25, 0.3) is 0 Å². The number of aromatic carboxylic acids is 1. The van der Waals surface area contributed by atoms with E-state index in [2.05, 4.69) is 18.8 Å². The second-order valence-electron chi connectivity index (χ2n) is 4.67. The molecule has 0 spiro atoms. The molecule has 0 unspecified atom stereocenters. The predicted molar refractivity (Wildman–Crippen MR) is 73.2 cm³/mol. The molecule has 2 rings (SSSR count). The highest BCUT2D eigenvalue weighted by atomic mass is 32.2. The number of aromatic nitrogens is 2. The molecule has 5 heteroatoms. The molecule has 18 heavy (non-hydrogen) atoms. The van der Waals surface area contributed by atoms with Gasteiger partial charge in [-0.05, 0) is 24.1 Å². The number of hydrogen-bond acceptors (Lipinski definition) is 3. The Balaban J connectivity index is 2.39. The average Bonchev–Trinajstić information content (AvgIpc) is 2.63. The van der Waals surface area contributed by atoms with E-state index in [0.717, 1.165) is 21.9 Å². The minimum Gasteiger partial charge on any atom is -0.478 e. The molecule has 0 bridgehead atoms. The van der Waals surface area contributed by atoms with Gasteiger partial charge < -0.3 is 9.67 Å². The number of benzene rings is 1. The lowest BCUT2D eigenvalue weighted by Crippen LogP contribution is -1.96. The van der Waals surface area contributed by atoms with Crippen molar-refractivity contribution in [1.29, 1.82) is 0 Å². The summed E-state index contributed by atoms with van der Waals surface area (Å²) in [6.07, 6.45) is 0. The standard InChI is InChI=1S/C13H16N2O2S/c1-8(2)7-18-13-14-10-6-9(12(16)17)4-5-11(10)15(13)3/h4-6,8H,7H2,1-3H3,(H,16,17). The maximum Gasteiger partial charge on any atom is 0.335 e. The van der Waals surface area contributed by atoms with Crippen LogP contribution in [0, 0.1) is 5.92 Å². The number of hydrogen-bond donors (Lipinski definition) is 1. The zero-order valence-corrected chi connectivity index (χ0v) is 11.5. The predicted octanol–water partition coefficient (Wildman–Crippen LogP) is 3.02. The second-order valence-corrected chi connectivity index (χ2v) is 5.65. The van der Waals surface area contributed by atoms with Crippen molar-refractivity contribution in [3.63, 3.8) is 0 Å². The lowest BCUT2D eigenvalue weighted by atomic mass is 10.2. The van der Waals surface area contributed by atoms with E-state index in [-0.39, 0.29) is 5.56 Å². The molecular formula is C13H16N2O2S. The number of imidazole rings is 1. The summed E-state index contributed by atoms with van der Waals surface area (Å²) in [5.41, 5.74) is 1.98. The molecule has 0 saturated carbocycles. The summed E-state index contributed by atoms with van der Waals surface area (Å²) < 4.78 is 2.01. The van der Waals surface area contributed by atoms with Crippen LogP contribution < -0.4 is 0 Å². The van der Waals surface area contributed by atoms with Crippen molar-refractivity contribution in [2.24, 2.45) is 13.0 Å². The Morgan fingerprint density at radius 3 is 2.83 bits per heavy atom. The Morgan fingerprint density at radius 1 is 1.50 bits per heavy atom. The summed E-state index contributed by atoms with van der Waals surface area (Å²) in [5, 5.41) is 9.89. The minimum atomic E-state index is -0.918.